The number of rotatable bonds is 2. The summed E-state index contributed by atoms with van der Waals surface area (Å²) in [6.07, 6.45) is 7.24. The smallest absolute Gasteiger partial charge is 0.211 e. The molecular weight excluding hydrogens is 254 g/mol. The molecule has 0 fully saturated rings. The zero-order valence-electron chi connectivity index (χ0n) is 10.8. The van der Waals surface area contributed by atoms with E-state index in [0.717, 1.165) is 22.5 Å². The number of aromatic nitrogens is 5. The summed E-state index contributed by atoms with van der Waals surface area (Å²) >= 11 is 0. The summed E-state index contributed by atoms with van der Waals surface area (Å²) in [7, 11) is 1.66. The van der Waals surface area contributed by atoms with E-state index < -0.39 is 0 Å². The van der Waals surface area contributed by atoms with E-state index in [1.54, 1.807) is 24.1 Å². The summed E-state index contributed by atoms with van der Waals surface area (Å²) in [6, 6.07) is 7.91. The first-order valence-corrected chi connectivity index (χ1v) is 6.17. The van der Waals surface area contributed by atoms with Gasteiger partial charge in [0, 0.05) is 12.4 Å². The Balaban J connectivity index is 1.87. The van der Waals surface area contributed by atoms with Crippen molar-refractivity contribution in [3.63, 3.8) is 0 Å². The number of methoxy groups -OCH3 is 1. The first-order chi connectivity index (χ1) is 9.85. The molecule has 0 N–H and O–H groups in total. The molecule has 4 rings (SSSR count). The molecule has 3 heterocycles. The average Bonchev–Trinajstić information content (AvgIpc) is 3.05. The van der Waals surface area contributed by atoms with Crippen LogP contribution in [-0.2, 0) is 0 Å². The highest BCUT2D eigenvalue weighted by Gasteiger charge is 2.11. The van der Waals surface area contributed by atoms with Crippen molar-refractivity contribution in [3.8, 4) is 16.9 Å². The maximum Gasteiger partial charge on any atom is 0.211 e. The first kappa shape index (κ1) is 11.0. The third-order valence-corrected chi connectivity index (χ3v) is 3.23. The van der Waals surface area contributed by atoms with Crippen LogP contribution in [0.5, 0.6) is 5.75 Å². The van der Waals surface area contributed by atoms with Crippen LogP contribution in [0.2, 0.25) is 0 Å². The second kappa shape index (κ2) is 4.06. The molecule has 0 aliphatic heterocycles. The largest absolute Gasteiger partial charge is 0.497 e. The van der Waals surface area contributed by atoms with Crippen molar-refractivity contribution in [2.24, 2.45) is 0 Å². The van der Waals surface area contributed by atoms with Gasteiger partial charge in [-0.25, -0.2) is 4.98 Å². The third-order valence-electron chi connectivity index (χ3n) is 3.23. The van der Waals surface area contributed by atoms with Crippen LogP contribution < -0.4 is 14.5 Å². The second-order valence-electron chi connectivity index (χ2n) is 4.41. The highest BCUT2D eigenvalue weighted by molar-refractivity contribution is 5.66. The molecule has 6 nitrogen and oxygen atoms in total. The van der Waals surface area contributed by atoms with Crippen LogP contribution in [0.25, 0.3) is 22.4 Å². The maximum atomic E-state index is 5.17. The van der Waals surface area contributed by atoms with Gasteiger partial charge in [0.2, 0.25) is 6.20 Å². The molecule has 0 bridgehead atoms. The minimum absolute atomic E-state index is 0.633. The van der Waals surface area contributed by atoms with Gasteiger partial charge in [0.05, 0.1) is 12.7 Å². The normalized spacial score (nSPS) is 11.2. The molecule has 0 amide bonds. The topological polar surface area (TPSA) is 57.6 Å². The van der Waals surface area contributed by atoms with E-state index in [-0.39, 0.29) is 0 Å². The molecular formula is C14H11N5O. The SMILES string of the molecule is COc1ccc(-c2cn3c4nccnc4[n-][n+]3c2)cc1. The van der Waals surface area contributed by atoms with Gasteiger partial charge in [0.15, 0.2) is 5.65 Å². The summed E-state index contributed by atoms with van der Waals surface area (Å²) in [5, 5.41) is 4.38. The number of fused-ring (bicyclic) bond motifs is 3. The fraction of sp³-hybridized carbons (Fsp3) is 0.0714. The van der Waals surface area contributed by atoms with E-state index in [1.807, 2.05) is 41.2 Å². The van der Waals surface area contributed by atoms with E-state index in [0.29, 0.717) is 5.65 Å². The lowest BCUT2D eigenvalue weighted by Crippen LogP contribution is -2.28. The maximum absolute atomic E-state index is 5.17. The standard InChI is InChI=1S/C14H11N5O/c1-20-12-4-2-10(3-5-12)11-8-18-14-13(15-6-7-16-14)17-19(18)9-11/h2-9H,1H3. The van der Waals surface area contributed by atoms with Crippen molar-refractivity contribution in [2.45, 2.75) is 0 Å². The van der Waals surface area contributed by atoms with Crippen molar-refractivity contribution in [1.82, 2.24) is 19.6 Å². The van der Waals surface area contributed by atoms with Gasteiger partial charge in [-0.15, -0.1) is 5.10 Å². The number of ether oxygens (including phenoxy) is 1. The molecule has 0 atom stereocenters. The molecule has 98 valence electrons. The lowest BCUT2D eigenvalue weighted by atomic mass is 10.1. The molecule has 20 heavy (non-hydrogen) atoms. The van der Waals surface area contributed by atoms with Gasteiger partial charge in [0.25, 0.3) is 0 Å². The Morgan fingerprint density at radius 1 is 1.10 bits per heavy atom. The number of hydrogen-bond donors (Lipinski definition) is 0. The van der Waals surface area contributed by atoms with Crippen molar-refractivity contribution in [2.75, 3.05) is 7.11 Å². The minimum Gasteiger partial charge on any atom is -0.497 e. The molecule has 0 spiro atoms. The number of benzene rings is 1. The summed E-state index contributed by atoms with van der Waals surface area (Å²) in [6.45, 7) is 0. The molecule has 0 radical (unpaired) electrons. The Bertz CT molecular complexity index is 891. The van der Waals surface area contributed by atoms with Crippen molar-refractivity contribution in [1.29, 1.82) is 0 Å². The lowest BCUT2D eigenvalue weighted by Gasteiger charge is -1.99. The van der Waals surface area contributed by atoms with Gasteiger partial charge in [-0.1, -0.05) is 16.8 Å². The van der Waals surface area contributed by atoms with Gasteiger partial charge >= 0.3 is 0 Å². The van der Waals surface area contributed by atoms with Crippen LogP contribution in [0.4, 0.5) is 0 Å². The monoisotopic (exact) mass is 265 g/mol. The van der Waals surface area contributed by atoms with Gasteiger partial charge in [-0.3, -0.25) is 0 Å². The van der Waals surface area contributed by atoms with Gasteiger partial charge in [0.1, 0.15) is 11.4 Å². The van der Waals surface area contributed by atoms with E-state index in [2.05, 4.69) is 15.1 Å². The molecule has 6 heteroatoms. The van der Waals surface area contributed by atoms with E-state index in [4.69, 9.17) is 4.74 Å². The van der Waals surface area contributed by atoms with Crippen LogP contribution in [0, 0.1) is 0 Å². The molecule has 0 saturated heterocycles. The van der Waals surface area contributed by atoms with Crippen LogP contribution in [0.3, 0.4) is 0 Å². The first-order valence-electron chi connectivity index (χ1n) is 6.17. The second-order valence-corrected chi connectivity index (χ2v) is 4.41. The van der Waals surface area contributed by atoms with Gasteiger partial charge in [-0.05, 0) is 23.9 Å². The van der Waals surface area contributed by atoms with Crippen LogP contribution in [0.1, 0.15) is 0 Å². The predicted molar refractivity (Wildman–Crippen MR) is 71.5 cm³/mol. The minimum atomic E-state index is 0.633. The zero-order valence-corrected chi connectivity index (χ0v) is 10.8. The van der Waals surface area contributed by atoms with Crippen LogP contribution in [-0.4, -0.2) is 21.6 Å². The van der Waals surface area contributed by atoms with Crippen molar-refractivity contribution >= 4 is 11.3 Å². The Hall–Kier alpha value is -2.89. The van der Waals surface area contributed by atoms with E-state index in [1.165, 1.54) is 0 Å². The van der Waals surface area contributed by atoms with E-state index in [9.17, 15) is 0 Å². The third kappa shape index (κ3) is 1.55. The highest BCUT2D eigenvalue weighted by Crippen LogP contribution is 2.21. The lowest BCUT2D eigenvalue weighted by molar-refractivity contribution is -0.674. The van der Waals surface area contributed by atoms with Gasteiger partial charge in [-0.2, -0.15) is 4.52 Å². The summed E-state index contributed by atoms with van der Waals surface area (Å²) in [5.41, 5.74) is 3.54. The molecule has 0 unspecified atom stereocenters. The fourth-order valence-corrected chi connectivity index (χ4v) is 2.23. The Morgan fingerprint density at radius 2 is 1.90 bits per heavy atom. The molecule has 4 aromatic rings. The summed E-state index contributed by atoms with van der Waals surface area (Å²) < 4.78 is 8.78. The average molecular weight is 265 g/mol. The molecule has 0 aliphatic rings. The fourth-order valence-electron chi connectivity index (χ4n) is 2.23. The zero-order chi connectivity index (χ0) is 13.5. The van der Waals surface area contributed by atoms with Crippen LogP contribution >= 0.6 is 0 Å². The number of nitrogens with zero attached hydrogens (tertiary/aromatic N) is 5. The Labute approximate surface area is 114 Å². The molecule has 1 aromatic carbocycles. The van der Waals surface area contributed by atoms with Crippen molar-refractivity contribution < 1.29 is 9.37 Å². The number of hydrogen-bond acceptors (Lipinski definition) is 3. The highest BCUT2D eigenvalue weighted by atomic mass is 16.5. The summed E-state index contributed by atoms with van der Waals surface area (Å²) in [4.78, 5) is 8.48. The Kier molecular flexibility index (Phi) is 2.23. The molecule has 0 aliphatic carbocycles. The summed E-state index contributed by atoms with van der Waals surface area (Å²) in [5.74, 6) is 0.842. The van der Waals surface area contributed by atoms with E-state index >= 15 is 0 Å². The van der Waals surface area contributed by atoms with Crippen molar-refractivity contribution in [3.05, 3.63) is 49.1 Å². The predicted octanol–water partition coefficient (Wildman–Crippen LogP) is 1.10. The molecule has 3 aromatic heterocycles. The van der Waals surface area contributed by atoms with Crippen LogP contribution in [0.15, 0.2) is 49.1 Å². The quantitative estimate of drug-likeness (QED) is 0.509. The molecule has 0 saturated carbocycles. The van der Waals surface area contributed by atoms with Gasteiger partial charge < -0.3 is 9.72 Å². The Morgan fingerprint density at radius 3 is 2.70 bits per heavy atom.